The van der Waals surface area contributed by atoms with Gasteiger partial charge in [0.1, 0.15) is 11.5 Å². The minimum absolute atomic E-state index is 0.0949. The average Bonchev–Trinajstić information content (AvgIpc) is 3.37. The maximum atomic E-state index is 12.9. The van der Waals surface area contributed by atoms with Crippen molar-refractivity contribution in [2.75, 3.05) is 27.3 Å². The average molecular weight is 461 g/mol. The Morgan fingerprint density at radius 2 is 1.75 bits per heavy atom. The molecule has 1 heterocycles. The summed E-state index contributed by atoms with van der Waals surface area (Å²) >= 11 is 0. The second-order valence-electron chi connectivity index (χ2n) is 7.89. The number of methoxy groups -OCH3 is 2. The third-order valence-corrected chi connectivity index (χ3v) is 7.73. The van der Waals surface area contributed by atoms with E-state index in [4.69, 9.17) is 9.47 Å². The Labute approximate surface area is 190 Å². The van der Waals surface area contributed by atoms with Gasteiger partial charge in [0.2, 0.25) is 15.9 Å². The van der Waals surface area contributed by atoms with E-state index in [9.17, 15) is 13.2 Å². The number of rotatable bonds is 10. The quantitative estimate of drug-likeness (QED) is 0.585. The van der Waals surface area contributed by atoms with Gasteiger partial charge in [0, 0.05) is 19.5 Å². The summed E-state index contributed by atoms with van der Waals surface area (Å²) in [6, 6.07) is 12.4. The molecule has 1 aliphatic rings. The van der Waals surface area contributed by atoms with E-state index in [1.165, 1.54) is 4.31 Å². The highest BCUT2D eigenvalue weighted by molar-refractivity contribution is 7.89. The van der Waals surface area contributed by atoms with E-state index in [2.05, 4.69) is 5.32 Å². The third-order valence-electron chi connectivity index (χ3n) is 5.84. The lowest BCUT2D eigenvalue weighted by molar-refractivity contribution is -0.121. The number of hydrogen-bond donors (Lipinski definition) is 1. The molecule has 0 aromatic heterocycles. The van der Waals surface area contributed by atoms with Gasteiger partial charge in [-0.1, -0.05) is 19.1 Å². The van der Waals surface area contributed by atoms with Crippen LogP contribution in [0.2, 0.25) is 0 Å². The first kappa shape index (κ1) is 24.1. The molecule has 0 saturated carbocycles. The lowest BCUT2D eigenvalue weighted by Crippen LogP contribution is -2.28. The first-order valence-corrected chi connectivity index (χ1v) is 12.4. The first-order chi connectivity index (χ1) is 15.4. The number of nitrogens with zero attached hydrogens (tertiary/aromatic N) is 1. The SMILES string of the molecule is CC[C@H](NC(=O)CCc1cc(S(=O)(=O)N2CCCC2)ccc1OC)c1ccc(OC)cc1. The predicted molar refractivity (Wildman–Crippen MR) is 123 cm³/mol. The van der Waals surface area contributed by atoms with Gasteiger partial charge in [-0.25, -0.2) is 8.42 Å². The minimum atomic E-state index is -3.52. The molecule has 0 bridgehead atoms. The molecule has 0 unspecified atom stereocenters. The number of amides is 1. The van der Waals surface area contributed by atoms with Crippen LogP contribution in [0.25, 0.3) is 0 Å². The lowest BCUT2D eigenvalue weighted by atomic mass is 10.0. The van der Waals surface area contributed by atoms with E-state index >= 15 is 0 Å². The maximum Gasteiger partial charge on any atom is 0.243 e. The zero-order valence-corrected chi connectivity index (χ0v) is 19.8. The van der Waals surface area contributed by atoms with Crippen LogP contribution >= 0.6 is 0 Å². The van der Waals surface area contributed by atoms with Gasteiger partial charge in [-0.15, -0.1) is 0 Å². The minimum Gasteiger partial charge on any atom is -0.497 e. The van der Waals surface area contributed by atoms with Crippen molar-refractivity contribution in [2.24, 2.45) is 0 Å². The molecule has 1 aliphatic heterocycles. The summed E-state index contributed by atoms with van der Waals surface area (Å²) in [5.74, 6) is 1.26. The molecule has 7 nitrogen and oxygen atoms in total. The summed E-state index contributed by atoms with van der Waals surface area (Å²) in [7, 11) is -0.358. The fourth-order valence-corrected chi connectivity index (χ4v) is 5.53. The number of carbonyl (C=O) groups is 1. The molecule has 1 atom stereocenters. The van der Waals surface area contributed by atoms with Gasteiger partial charge in [0.05, 0.1) is 25.2 Å². The van der Waals surface area contributed by atoms with Gasteiger partial charge >= 0.3 is 0 Å². The number of ether oxygens (including phenoxy) is 2. The second-order valence-corrected chi connectivity index (χ2v) is 9.82. The first-order valence-electron chi connectivity index (χ1n) is 11.0. The zero-order chi connectivity index (χ0) is 23.1. The van der Waals surface area contributed by atoms with E-state index in [1.54, 1.807) is 32.4 Å². The molecule has 8 heteroatoms. The van der Waals surface area contributed by atoms with Crippen molar-refractivity contribution in [1.82, 2.24) is 9.62 Å². The van der Waals surface area contributed by atoms with Crippen LogP contribution in [0, 0.1) is 0 Å². The molecular formula is C24H32N2O5S. The molecule has 1 amide bonds. The van der Waals surface area contributed by atoms with Crippen molar-refractivity contribution in [3.8, 4) is 11.5 Å². The summed E-state index contributed by atoms with van der Waals surface area (Å²) in [6.45, 7) is 3.12. The number of aryl methyl sites for hydroxylation is 1. The number of nitrogens with one attached hydrogen (secondary N) is 1. The molecule has 3 rings (SSSR count). The Hall–Kier alpha value is -2.58. The number of benzene rings is 2. The van der Waals surface area contributed by atoms with Crippen molar-refractivity contribution >= 4 is 15.9 Å². The number of hydrogen-bond acceptors (Lipinski definition) is 5. The Balaban J connectivity index is 1.68. The van der Waals surface area contributed by atoms with Gasteiger partial charge in [0.25, 0.3) is 0 Å². The zero-order valence-electron chi connectivity index (χ0n) is 19.0. The van der Waals surface area contributed by atoms with Crippen LogP contribution in [0.1, 0.15) is 49.8 Å². The fourth-order valence-electron chi connectivity index (χ4n) is 3.96. The Bertz CT molecular complexity index is 1020. The second kappa shape index (κ2) is 10.8. The van der Waals surface area contributed by atoms with Crippen LogP contribution in [0.4, 0.5) is 0 Å². The van der Waals surface area contributed by atoms with E-state index in [0.29, 0.717) is 30.8 Å². The van der Waals surface area contributed by atoms with Crippen molar-refractivity contribution in [3.63, 3.8) is 0 Å². The summed E-state index contributed by atoms with van der Waals surface area (Å²) in [5, 5.41) is 3.07. The number of sulfonamides is 1. The lowest BCUT2D eigenvalue weighted by Gasteiger charge is -2.19. The highest BCUT2D eigenvalue weighted by Gasteiger charge is 2.28. The molecule has 2 aromatic rings. The summed E-state index contributed by atoms with van der Waals surface area (Å²) in [6.07, 6.45) is 3.14. The van der Waals surface area contributed by atoms with Crippen molar-refractivity contribution in [1.29, 1.82) is 0 Å². The highest BCUT2D eigenvalue weighted by Crippen LogP contribution is 2.27. The molecule has 2 aromatic carbocycles. The smallest absolute Gasteiger partial charge is 0.243 e. The van der Waals surface area contributed by atoms with Crippen LogP contribution in [-0.2, 0) is 21.2 Å². The monoisotopic (exact) mass is 460 g/mol. The number of carbonyl (C=O) groups excluding carboxylic acids is 1. The Kier molecular flexibility index (Phi) is 8.15. The van der Waals surface area contributed by atoms with Crippen LogP contribution in [0.15, 0.2) is 47.4 Å². The molecule has 174 valence electrons. The maximum absolute atomic E-state index is 12.9. The molecule has 0 radical (unpaired) electrons. The molecule has 1 N–H and O–H groups in total. The molecule has 0 spiro atoms. The molecule has 1 saturated heterocycles. The Morgan fingerprint density at radius 1 is 1.06 bits per heavy atom. The van der Waals surface area contributed by atoms with Gasteiger partial charge in [0.15, 0.2) is 0 Å². The van der Waals surface area contributed by atoms with Crippen molar-refractivity contribution < 1.29 is 22.7 Å². The Morgan fingerprint density at radius 3 is 2.34 bits per heavy atom. The van der Waals surface area contributed by atoms with Gasteiger partial charge in [-0.2, -0.15) is 4.31 Å². The molecule has 0 aliphatic carbocycles. The van der Waals surface area contributed by atoms with E-state index < -0.39 is 10.0 Å². The third kappa shape index (κ3) is 5.61. The topological polar surface area (TPSA) is 84.9 Å². The normalized spacial score (nSPS) is 15.3. The summed E-state index contributed by atoms with van der Waals surface area (Å²) in [5.41, 5.74) is 1.72. The van der Waals surface area contributed by atoms with Gasteiger partial charge in [-0.05, 0) is 67.1 Å². The van der Waals surface area contributed by atoms with Crippen LogP contribution in [0.5, 0.6) is 11.5 Å². The molecule has 32 heavy (non-hydrogen) atoms. The van der Waals surface area contributed by atoms with Crippen LogP contribution in [0.3, 0.4) is 0 Å². The molecule has 1 fully saturated rings. The molecular weight excluding hydrogens is 428 g/mol. The summed E-state index contributed by atoms with van der Waals surface area (Å²) in [4.78, 5) is 12.9. The fraction of sp³-hybridized carbons (Fsp3) is 0.458. The van der Waals surface area contributed by atoms with Crippen molar-refractivity contribution in [3.05, 3.63) is 53.6 Å². The summed E-state index contributed by atoms with van der Waals surface area (Å²) < 4.78 is 37.9. The predicted octanol–water partition coefficient (Wildman–Crippen LogP) is 3.69. The standard InChI is InChI=1S/C24H32N2O5S/c1-4-22(18-7-10-20(30-2)11-8-18)25-24(27)14-9-19-17-21(12-13-23(19)31-3)32(28,29)26-15-5-6-16-26/h7-8,10-13,17,22H,4-6,9,14-16H2,1-3H3,(H,25,27)/t22-/m0/s1. The van der Waals surface area contributed by atoms with Gasteiger partial charge in [-0.3, -0.25) is 4.79 Å². The van der Waals surface area contributed by atoms with E-state index in [-0.39, 0.29) is 23.3 Å². The van der Waals surface area contributed by atoms with Crippen LogP contribution in [-0.4, -0.2) is 45.9 Å². The highest BCUT2D eigenvalue weighted by atomic mass is 32.2. The van der Waals surface area contributed by atoms with E-state index in [1.807, 2.05) is 31.2 Å². The van der Waals surface area contributed by atoms with Crippen molar-refractivity contribution in [2.45, 2.75) is 50.0 Å². The largest absolute Gasteiger partial charge is 0.497 e. The van der Waals surface area contributed by atoms with E-state index in [0.717, 1.165) is 30.6 Å². The van der Waals surface area contributed by atoms with Crippen LogP contribution < -0.4 is 14.8 Å². The van der Waals surface area contributed by atoms with Gasteiger partial charge < -0.3 is 14.8 Å².